The van der Waals surface area contributed by atoms with Gasteiger partial charge in [-0.25, -0.2) is 62.1 Å². The number of carbonyl (C=O) groups is 1. The minimum Gasteiger partial charge on any atom is -0.454 e. The number of phosphoric acid groups is 5. The number of imidazole rings is 3. The van der Waals surface area contributed by atoms with Crippen LogP contribution in [0.25, 0.3) is 44.4 Å². The highest BCUT2D eigenvalue weighted by Crippen LogP contribution is 2.57. The maximum Gasteiger partial charge on any atom is 0.472 e. The highest BCUT2D eigenvalue weighted by molar-refractivity contribution is 7.48. The third kappa shape index (κ3) is 20.5. The summed E-state index contributed by atoms with van der Waals surface area (Å²) < 4.78 is 180. The van der Waals surface area contributed by atoms with Crippen LogP contribution in [0.4, 0.5) is 29.4 Å². The van der Waals surface area contributed by atoms with Crippen molar-refractivity contribution in [1.82, 2.24) is 97.1 Å². The average Bonchev–Trinajstić information content (AvgIpc) is 1.56. The number of aliphatic hydroxyl groups is 6. The van der Waals surface area contributed by atoms with Gasteiger partial charge in [0.05, 0.1) is 62.9 Å². The number of nitrogens with two attached hydrogens (primary N) is 5. The SMILES string of the molecule is CCn1cc(C(=O)NC[C@H]2O[C@@H](n3cc(C)c(=O)[nH]c3=O)C[C@@H]2OP(=O)(O)OC[C@H]2O[C@@H](n3cnc4c(=O)[nH]c(N)nc43)[C@H](O)[C@@H]2OP(=O)(O)OC[C@H]2O[C@@H](n3ccc(N)nc3=O)[C@H](O)[C@@H]2OP(=O)(O)OC[C@H]2O[C@@H](n3cnc4c(=O)[nH]c(N)nc43)[C@H](O)[C@@H]2OP(=O)(O)OC[C@H]2O[C@@H](n3ccc(N)nc3=O)[C@H](O)[C@@H]2OP(=O)(O)OC[C@H]2O[C@@H](n3cnc4c(N)ncnc43)[C@H](O)[C@@H]2O)c(=O)c2cc3c(cc21)OCO3. The van der Waals surface area contributed by atoms with Crippen LogP contribution in [0.3, 0.4) is 0 Å². The molecule has 18 rings (SSSR count). The summed E-state index contributed by atoms with van der Waals surface area (Å²) in [6.45, 7) is -4.29. The molecule has 67 nitrogen and oxygen atoms in total. The Hall–Kier alpha value is -11.7. The normalized spacial score (nSPS) is 29.7. The number of aromatic nitrogens is 19. The minimum absolute atomic E-state index is 0.00912. The van der Waals surface area contributed by atoms with Crippen molar-refractivity contribution in [2.75, 3.05) is 75.0 Å². The number of amides is 1. The number of rotatable bonds is 35. The number of hydrogen-bond acceptors (Lipinski definition) is 51. The molecule has 5 unspecified atom stereocenters. The molecular formula is C71H84N25O42P5. The van der Waals surface area contributed by atoms with Crippen LogP contribution in [-0.4, -0.2) is 303 Å². The van der Waals surface area contributed by atoms with Crippen molar-refractivity contribution in [1.29, 1.82) is 0 Å². The van der Waals surface area contributed by atoms with Crippen LogP contribution >= 0.6 is 39.1 Å². The predicted octanol–water partition coefficient (Wildman–Crippen LogP) is -6.68. The third-order valence-corrected chi connectivity index (χ3v) is 28.4. The van der Waals surface area contributed by atoms with Crippen LogP contribution in [0.2, 0.25) is 0 Å². The molecule has 0 bridgehead atoms. The summed E-state index contributed by atoms with van der Waals surface area (Å²) in [4.78, 5) is 207. The number of aryl methyl sites for hydroxylation is 2. The predicted molar refractivity (Wildman–Crippen MR) is 466 cm³/mol. The Morgan fingerprint density at radius 3 is 1.36 bits per heavy atom. The van der Waals surface area contributed by atoms with E-state index in [0.29, 0.717) is 20.4 Å². The number of pyridine rings is 1. The highest BCUT2D eigenvalue weighted by Gasteiger charge is 2.58. The van der Waals surface area contributed by atoms with Gasteiger partial charge in [0.15, 0.2) is 76.4 Å². The summed E-state index contributed by atoms with van der Waals surface area (Å²) in [5, 5.41) is 73.0. The number of ether oxygens (including phenoxy) is 8. The number of benzene rings is 1. The molecule has 0 spiro atoms. The Labute approximate surface area is 791 Å². The molecule has 1 amide bonds. The van der Waals surface area contributed by atoms with E-state index in [1.54, 1.807) is 17.6 Å². The van der Waals surface area contributed by atoms with Crippen LogP contribution in [0, 0.1) is 6.92 Å². The van der Waals surface area contributed by atoms with Gasteiger partial charge in [-0.1, -0.05) is 0 Å². The van der Waals surface area contributed by atoms with Gasteiger partial charge in [-0.3, -0.25) is 112 Å². The molecule has 25 N–H and O–H groups in total. The Bertz CT molecular complexity index is 7510. The number of nitrogens with one attached hydrogen (secondary N) is 4. The number of aliphatic hydroxyl groups excluding tert-OH is 6. The quantitative estimate of drug-likeness (QED) is 0.0164. The first kappa shape index (κ1) is 101. The molecule has 1 aromatic carbocycles. The van der Waals surface area contributed by atoms with Crippen LogP contribution < -0.4 is 82.6 Å². The monoisotopic (exact) mass is 2110 g/mol. The van der Waals surface area contributed by atoms with E-state index in [4.69, 9.17) is 112 Å². The number of phosphoric ester groups is 5. The number of carbonyl (C=O) groups excluding carboxylic acids is 1. The summed E-state index contributed by atoms with van der Waals surface area (Å²) in [7, 11) is -29.5. The number of nitrogen functional groups attached to an aromatic ring is 5. The molecule has 17 heterocycles. The smallest absolute Gasteiger partial charge is 0.454 e. The van der Waals surface area contributed by atoms with Crippen molar-refractivity contribution in [3.8, 4) is 11.5 Å². The lowest BCUT2D eigenvalue weighted by Gasteiger charge is -2.27. The first-order valence-corrected chi connectivity index (χ1v) is 49.6. The van der Waals surface area contributed by atoms with Gasteiger partial charge < -0.3 is 132 Å². The Morgan fingerprint density at radius 1 is 0.476 bits per heavy atom. The molecule has 28 atom stereocenters. The molecule has 7 aliphatic heterocycles. The van der Waals surface area contributed by atoms with Crippen molar-refractivity contribution in [2.45, 2.75) is 168 Å². The molecule has 10 aromatic heterocycles. The second kappa shape index (κ2) is 39.3. The van der Waals surface area contributed by atoms with E-state index in [9.17, 15) is 116 Å². The van der Waals surface area contributed by atoms with E-state index in [0.717, 1.165) is 74.3 Å². The number of hydrogen-bond donors (Lipinski definition) is 20. The molecule has 0 saturated carbocycles. The largest absolute Gasteiger partial charge is 0.472 e. The van der Waals surface area contributed by atoms with Crippen LogP contribution in [0.5, 0.6) is 11.5 Å². The van der Waals surface area contributed by atoms with Gasteiger partial charge in [-0.2, -0.15) is 19.9 Å². The van der Waals surface area contributed by atoms with Crippen molar-refractivity contribution in [3.05, 3.63) is 158 Å². The molecule has 0 aliphatic carbocycles. The Morgan fingerprint density at radius 2 is 0.895 bits per heavy atom. The summed E-state index contributed by atoms with van der Waals surface area (Å²) in [5.74, 6) is -2.33. The maximum absolute atomic E-state index is 14.7. The zero-order chi connectivity index (χ0) is 102. The highest BCUT2D eigenvalue weighted by atomic mass is 31.2. The summed E-state index contributed by atoms with van der Waals surface area (Å²) in [5.41, 5.74) is 20.4. The van der Waals surface area contributed by atoms with Crippen molar-refractivity contribution in [3.63, 3.8) is 0 Å². The van der Waals surface area contributed by atoms with Gasteiger partial charge in [0, 0.05) is 55.9 Å². The fourth-order valence-electron chi connectivity index (χ4n) is 16.7. The molecule has 11 aromatic rings. The summed E-state index contributed by atoms with van der Waals surface area (Å²) in [6, 6.07) is 5.01. The fraction of sp³-hybridized carbons (Fsp3) is 0.479. The van der Waals surface area contributed by atoms with E-state index in [-0.39, 0.29) is 52.8 Å². The van der Waals surface area contributed by atoms with Crippen molar-refractivity contribution >= 4 is 119 Å². The van der Waals surface area contributed by atoms with Crippen molar-refractivity contribution in [2.24, 2.45) is 0 Å². The second-order valence-electron chi connectivity index (χ2n) is 32.7. The average molecular weight is 2110 g/mol. The molecule has 7 aliphatic rings. The number of anilines is 5. The zero-order valence-corrected chi connectivity index (χ0v) is 77.4. The van der Waals surface area contributed by atoms with E-state index in [1.165, 1.54) is 19.2 Å². The molecule has 770 valence electrons. The number of fused-ring (bicyclic) bond motifs is 5. The zero-order valence-electron chi connectivity index (χ0n) is 72.9. The molecular weight excluding hydrogens is 2030 g/mol. The minimum atomic E-state index is -6.09. The number of aromatic amines is 3. The standard InChI is InChI=1S/C71H84N25O42P5/c1-3-90-13-26(43(97)25-8-28-29(9-27(25)90)122-23-121-28)59(105)77-11-31-30(10-39(128-31)93-12-24(2)58(104)89-71(93)110)134-139(111,112)124-15-35-52(48(102)65(132-35)95-21-81-41-56(95)85-67(75)87-60(41)106)137-142(117,118)126-17-34-51(47(101)64(131-34)92-7-5-38(73)84-70(92)109)136-141(115,116)127-18-36-53(49(103)66(133-36)96-22-82-42-57(96)86-68(76)88-61(42)107)138-143(119,120)125-16-33-50(46(100)63(130-33)91-6-4-37(72)83-69(91)108)135-140(113,114)123-14-32-44(98)45(99)62(129-32)94-20-80-40-54(74)78-19-79-55(40)94/h4-9,12-13,19-22,30-36,39,44-53,62-66,98-103H,3,10-11,14-18,23H2,1-2H3,(H,77,105)(H,111,112)(H,113,114)(H,115,116)(H,117,118)(H,119,120)(H2,72,83,108)(H2,73,84,109)(H2,74,78,79)(H,89,104,110)(H3,75,85,87,106)(H3,76,86,88,107)/t30-,31+,32+,33+,34+,35+,36+,39+,44+,45+,46+,47+,48+,49+,50+,51+,52+,53+,62+,63+,64+,65+,66+/m0/s1. The van der Waals surface area contributed by atoms with Crippen LogP contribution in [-0.2, 0) is 103 Å². The van der Waals surface area contributed by atoms with E-state index >= 15 is 0 Å². The lowest BCUT2D eigenvalue weighted by Crippen LogP contribution is -2.40. The molecule has 6 fully saturated rings. The van der Waals surface area contributed by atoms with Gasteiger partial charge >= 0.3 is 56.2 Å². The molecule has 143 heavy (non-hydrogen) atoms. The van der Waals surface area contributed by atoms with Crippen LogP contribution in [0.15, 0.2) is 108 Å². The van der Waals surface area contributed by atoms with Gasteiger partial charge in [0.2, 0.25) is 24.1 Å². The lowest BCUT2D eigenvalue weighted by atomic mass is 10.1. The molecule has 72 heteroatoms. The Kier molecular flexibility index (Phi) is 27.9. The topological polar surface area (TPSA) is 951 Å². The maximum atomic E-state index is 14.7. The molecule has 6 saturated heterocycles. The molecule has 0 radical (unpaired) electrons. The van der Waals surface area contributed by atoms with Gasteiger partial charge in [-0.05, 0) is 32.0 Å². The van der Waals surface area contributed by atoms with Gasteiger partial charge in [0.25, 0.3) is 22.6 Å². The summed E-state index contributed by atoms with van der Waals surface area (Å²) in [6.07, 6.45) is -39.8. The summed E-state index contributed by atoms with van der Waals surface area (Å²) >= 11 is 0. The first-order chi connectivity index (χ1) is 67.7. The van der Waals surface area contributed by atoms with E-state index in [1.807, 2.05) is 0 Å². The third-order valence-electron chi connectivity index (χ3n) is 23.5. The van der Waals surface area contributed by atoms with Crippen LogP contribution in [0.1, 0.15) is 66.6 Å². The number of nitrogens with zero attached hydrogens (tertiary/aromatic N) is 16. The lowest BCUT2D eigenvalue weighted by molar-refractivity contribution is -0.0656. The van der Waals surface area contributed by atoms with Crippen molar-refractivity contribution < 1.29 is 166 Å². The van der Waals surface area contributed by atoms with E-state index < -0.39 is 317 Å². The van der Waals surface area contributed by atoms with Gasteiger partial charge in [0.1, 0.15) is 139 Å². The fourth-order valence-corrected chi connectivity index (χ4v) is 21.6. The Balaban J connectivity index is 0.578. The van der Waals surface area contributed by atoms with E-state index in [2.05, 4.69) is 65.1 Å². The number of H-pyrrole nitrogens is 3. The first-order valence-electron chi connectivity index (χ1n) is 42.1. The second-order valence-corrected chi connectivity index (χ2v) is 39.7. The van der Waals surface area contributed by atoms with Gasteiger partial charge in [-0.15, -0.1) is 0 Å².